The van der Waals surface area contributed by atoms with E-state index in [1.807, 2.05) is 25.1 Å². The maximum atomic E-state index is 12.4. The Hall–Kier alpha value is -2.04. The molecule has 1 aromatic carbocycles. The quantitative estimate of drug-likeness (QED) is 0.341. The lowest BCUT2D eigenvalue weighted by atomic mass is 9.97. The lowest BCUT2D eigenvalue weighted by Gasteiger charge is -2.19. The van der Waals surface area contributed by atoms with Crippen LogP contribution in [-0.4, -0.2) is 17.0 Å². The number of hydrogen-bond acceptors (Lipinski definition) is 3. The topological polar surface area (TPSA) is 87.7 Å². The van der Waals surface area contributed by atoms with Crippen LogP contribution in [0.1, 0.15) is 43.7 Å². The maximum Gasteiger partial charge on any atom is 0.238 e. The highest BCUT2D eigenvalue weighted by Crippen LogP contribution is 2.47. The van der Waals surface area contributed by atoms with Gasteiger partial charge in [-0.3, -0.25) is 4.79 Å². The van der Waals surface area contributed by atoms with E-state index in [0.29, 0.717) is 18.8 Å². The molecule has 0 bridgehead atoms. The van der Waals surface area contributed by atoms with Crippen LogP contribution in [0.4, 0.5) is 5.69 Å². The third-order valence-electron chi connectivity index (χ3n) is 3.95. The Morgan fingerprint density at radius 3 is 2.60 bits per heavy atom. The van der Waals surface area contributed by atoms with Gasteiger partial charge in [0.2, 0.25) is 5.91 Å². The van der Waals surface area contributed by atoms with Gasteiger partial charge in [-0.05, 0) is 36.8 Å². The fourth-order valence-electron chi connectivity index (χ4n) is 2.40. The summed E-state index contributed by atoms with van der Waals surface area (Å²) in [4.78, 5) is 12.4. The summed E-state index contributed by atoms with van der Waals surface area (Å²) >= 11 is 0. The van der Waals surface area contributed by atoms with Crippen molar-refractivity contribution in [1.29, 1.82) is 0 Å². The van der Waals surface area contributed by atoms with Gasteiger partial charge < -0.3 is 16.3 Å². The molecule has 2 rings (SSSR count). The van der Waals surface area contributed by atoms with Crippen molar-refractivity contribution in [3.8, 4) is 0 Å². The van der Waals surface area contributed by atoms with Gasteiger partial charge in [0.05, 0.1) is 0 Å². The van der Waals surface area contributed by atoms with Gasteiger partial charge in [0.15, 0.2) is 5.84 Å². The Morgan fingerprint density at radius 2 is 2.10 bits per heavy atom. The molecule has 0 spiro atoms. The largest absolute Gasteiger partial charge is 0.409 e. The molecule has 20 heavy (non-hydrogen) atoms. The minimum atomic E-state index is -0.828. The van der Waals surface area contributed by atoms with Crippen LogP contribution in [0.2, 0.25) is 0 Å². The number of oxime groups is 1. The molecular weight excluding hydrogens is 254 g/mol. The fraction of sp³-hybridized carbons (Fsp3) is 0.467. The zero-order chi connectivity index (χ0) is 14.9. The van der Waals surface area contributed by atoms with Gasteiger partial charge in [-0.25, -0.2) is 0 Å². The normalized spacial score (nSPS) is 17.1. The van der Waals surface area contributed by atoms with Crippen LogP contribution in [0.15, 0.2) is 23.4 Å². The number of carbonyl (C=O) groups is 1. The molecule has 0 atom stereocenters. The summed E-state index contributed by atoms with van der Waals surface area (Å²) in [5.74, 6) is 0.114. The number of nitrogens with two attached hydrogens (primary N) is 1. The molecule has 1 amide bonds. The Labute approximate surface area is 118 Å². The molecule has 0 saturated heterocycles. The zero-order valence-electron chi connectivity index (χ0n) is 12.1. The van der Waals surface area contributed by atoms with Crippen LogP contribution in [0.25, 0.3) is 0 Å². The Balaban J connectivity index is 2.30. The van der Waals surface area contributed by atoms with Crippen LogP contribution in [0.3, 0.4) is 0 Å². The molecule has 5 nitrogen and oxygen atoms in total. The van der Waals surface area contributed by atoms with Crippen molar-refractivity contribution in [3.63, 3.8) is 0 Å². The number of benzene rings is 1. The standard InChI is InChI=1S/C15H21N3O2/c1-9(2)11-6-4-5-10(3)12(11)17-14(19)15(7-8-15)13(16)18-20/h4-6,9,20H,7-8H2,1-3H3,(H2,16,18)(H,17,19). The van der Waals surface area contributed by atoms with E-state index in [1.54, 1.807) is 0 Å². The van der Waals surface area contributed by atoms with Gasteiger partial charge in [-0.2, -0.15) is 0 Å². The molecular formula is C15H21N3O2. The SMILES string of the molecule is Cc1cccc(C(C)C)c1NC(=O)C1(/C(N)=N/O)CC1. The highest BCUT2D eigenvalue weighted by Gasteiger charge is 2.54. The van der Waals surface area contributed by atoms with Crippen molar-refractivity contribution in [2.24, 2.45) is 16.3 Å². The number of nitrogens with zero attached hydrogens (tertiary/aromatic N) is 1. The molecule has 1 aliphatic rings. The number of aryl methyl sites for hydroxylation is 1. The summed E-state index contributed by atoms with van der Waals surface area (Å²) in [7, 11) is 0. The van der Waals surface area contributed by atoms with E-state index >= 15 is 0 Å². The number of para-hydroxylation sites is 1. The third-order valence-corrected chi connectivity index (χ3v) is 3.95. The number of nitrogens with one attached hydrogen (secondary N) is 1. The molecule has 5 heteroatoms. The molecule has 0 radical (unpaired) electrons. The van der Waals surface area contributed by atoms with E-state index in [1.165, 1.54) is 0 Å². The van der Waals surface area contributed by atoms with Gasteiger partial charge in [-0.1, -0.05) is 37.2 Å². The summed E-state index contributed by atoms with van der Waals surface area (Å²) in [6, 6.07) is 5.96. The number of hydrogen-bond donors (Lipinski definition) is 3. The van der Waals surface area contributed by atoms with E-state index in [4.69, 9.17) is 10.9 Å². The second-order valence-electron chi connectivity index (χ2n) is 5.72. The average molecular weight is 275 g/mol. The van der Waals surface area contributed by atoms with Crippen molar-refractivity contribution in [2.75, 3.05) is 5.32 Å². The molecule has 1 fully saturated rings. The molecule has 0 aliphatic heterocycles. The van der Waals surface area contributed by atoms with Crippen LogP contribution in [0, 0.1) is 12.3 Å². The second kappa shape index (κ2) is 5.15. The van der Waals surface area contributed by atoms with Crippen molar-refractivity contribution in [3.05, 3.63) is 29.3 Å². The summed E-state index contributed by atoms with van der Waals surface area (Å²) in [5.41, 5.74) is 7.76. The number of amides is 1. The lowest BCUT2D eigenvalue weighted by Crippen LogP contribution is -2.36. The van der Waals surface area contributed by atoms with Crippen molar-refractivity contribution in [2.45, 2.75) is 39.5 Å². The first-order valence-corrected chi connectivity index (χ1v) is 6.81. The number of amidine groups is 1. The van der Waals surface area contributed by atoms with Gasteiger partial charge in [0, 0.05) is 5.69 Å². The maximum absolute atomic E-state index is 12.4. The van der Waals surface area contributed by atoms with Crippen molar-refractivity contribution < 1.29 is 10.0 Å². The molecule has 108 valence electrons. The number of anilines is 1. The number of rotatable bonds is 4. The Bertz CT molecular complexity index is 560. The molecule has 4 N–H and O–H groups in total. The summed E-state index contributed by atoms with van der Waals surface area (Å²) in [6.07, 6.45) is 1.25. The van der Waals surface area contributed by atoms with Crippen molar-refractivity contribution >= 4 is 17.4 Å². The molecule has 1 aromatic rings. The fourth-order valence-corrected chi connectivity index (χ4v) is 2.40. The summed E-state index contributed by atoms with van der Waals surface area (Å²) in [6.45, 7) is 6.13. The first kappa shape index (κ1) is 14.4. The van der Waals surface area contributed by atoms with Crippen LogP contribution in [0.5, 0.6) is 0 Å². The summed E-state index contributed by atoms with van der Waals surface area (Å²) < 4.78 is 0. The second-order valence-corrected chi connectivity index (χ2v) is 5.72. The highest BCUT2D eigenvalue weighted by molar-refractivity contribution is 6.14. The van der Waals surface area contributed by atoms with Crippen LogP contribution >= 0.6 is 0 Å². The van der Waals surface area contributed by atoms with E-state index < -0.39 is 5.41 Å². The molecule has 1 saturated carbocycles. The third kappa shape index (κ3) is 2.35. The first-order chi connectivity index (χ1) is 9.42. The van der Waals surface area contributed by atoms with Gasteiger partial charge in [-0.15, -0.1) is 0 Å². The number of carbonyl (C=O) groups excluding carboxylic acids is 1. The monoisotopic (exact) mass is 275 g/mol. The van der Waals surface area contributed by atoms with E-state index in [0.717, 1.165) is 16.8 Å². The minimum absolute atomic E-state index is 0.00492. The lowest BCUT2D eigenvalue weighted by molar-refractivity contribution is -0.119. The predicted octanol–water partition coefficient (Wildman–Crippen LogP) is 2.58. The molecule has 0 unspecified atom stereocenters. The Morgan fingerprint density at radius 1 is 1.45 bits per heavy atom. The smallest absolute Gasteiger partial charge is 0.238 e. The van der Waals surface area contributed by atoms with Gasteiger partial charge in [0.25, 0.3) is 0 Å². The first-order valence-electron chi connectivity index (χ1n) is 6.81. The van der Waals surface area contributed by atoms with Gasteiger partial charge >= 0.3 is 0 Å². The predicted molar refractivity (Wildman–Crippen MR) is 79.0 cm³/mol. The molecule has 0 heterocycles. The van der Waals surface area contributed by atoms with Gasteiger partial charge in [0.1, 0.15) is 5.41 Å². The van der Waals surface area contributed by atoms with Crippen LogP contribution in [-0.2, 0) is 4.79 Å². The van der Waals surface area contributed by atoms with E-state index in [-0.39, 0.29) is 11.7 Å². The van der Waals surface area contributed by atoms with Crippen molar-refractivity contribution in [1.82, 2.24) is 0 Å². The minimum Gasteiger partial charge on any atom is -0.409 e. The molecule has 0 aromatic heterocycles. The zero-order valence-corrected chi connectivity index (χ0v) is 12.1. The highest BCUT2D eigenvalue weighted by atomic mass is 16.4. The van der Waals surface area contributed by atoms with E-state index in [2.05, 4.69) is 24.3 Å². The summed E-state index contributed by atoms with van der Waals surface area (Å²) in [5, 5.41) is 14.8. The molecule has 1 aliphatic carbocycles. The Kier molecular flexibility index (Phi) is 3.70. The average Bonchev–Trinajstić information content (AvgIpc) is 3.21. The van der Waals surface area contributed by atoms with Crippen LogP contribution < -0.4 is 11.1 Å². The van der Waals surface area contributed by atoms with E-state index in [9.17, 15) is 4.79 Å².